The first-order chi connectivity index (χ1) is 8.43. The lowest BCUT2D eigenvalue weighted by molar-refractivity contribution is -0.139. The molecule has 98 valence electrons. The van der Waals surface area contributed by atoms with Crippen molar-refractivity contribution in [2.24, 2.45) is 11.7 Å². The standard InChI is InChI=1S/C14H19NO3/c1-9(2)8-18-11-5-3-10(4-6-11)12-7-14(12,15)13(16)17/h3-6,9,12H,7-8,15H2,1-2H3,(H,16,17). The van der Waals surface area contributed by atoms with Gasteiger partial charge < -0.3 is 15.6 Å². The second kappa shape index (κ2) is 4.61. The van der Waals surface area contributed by atoms with E-state index in [-0.39, 0.29) is 5.92 Å². The van der Waals surface area contributed by atoms with Gasteiger partial charge in [-0.05, 0) is 30.0 Å². The fourth-order valence-corrected chi connectivity index (χ4v) is 1.99. The topological polar surface area (TPSA) is 72.5 Å². The van der Waals surface area contributed by atoms with Gasteiger partial charge >= 0.3 is 5.97 Å². The molecule has 0 aliphatic heterocycles. The van der Waals surface area contributed by atoms with Gasteiger partial charge in [-0.25, -0.2) is 0 Å². The second-order valence-electron chi connectivity index (χ2n) is 5.38. The Labute approximate surface area is 107 Å². The van der Waals surface area contributed by atoms with Gasteiger partial charge in [0, 0.05) is 5.92 Å². The molecule has 1 aromatic rings. The van der Waals surface area contributed by atoms with E-state index < -0.39 is 11.5 Å². The minimum Gasteiger partial charge on any atom is -0.493 e. The Morgan fingerprint density at radius 1 is 1.50 bits per heavy atom. The molecule has 3 N–H and O–H groups in total. The third-order valence-electron chi connectivity index (χ3n) is 3.27. The molecule has 1 aliphatic rings. The highest BCUT2D eigenvalue weighted by Gasteiger charge is 2.58. The normalized spacial score (nSPS) is 26.1. The SMILES string of the molecule is CC(C)COc1ccc(C2CC2(N)C(=O)O)cc1. The highest BCUT2D eigenvalue weighted by molar-refractivity contribution is 5.84. The predicted molar refractivity (Wildman–Crippen MR) is 68.7 cm³/mol. The van der Waals surface area contributed by atoms with Gasteiger partial charge in [-0.2, -0.15) is 0 Å². The molecule has 2 rings (SSSR count). The van der Waals surface area contributed by atoms with Crippen LogP contribution < -0.4 is 10.5 Å². The number of benzene rings is 1. The van der Waals surface area contributed by atoms with Crippen molar-refractivity contribution in [2.75, 3.05) is 6.61 Å². The lowest BCUT2D eigenvalue weighted by atomic mass is 10.1. The average molecular weight is 249 g/mol. The van der Waals surface area contributed by atoms with Crippen LogP contribution in [0.25, 0.3) is 0 Å². The molecule has 1 aromatic carbocycles. The second-order valence-corrected chi connectivity index (χ2v) is 5.38. The minimum atomic E-state index is -1.07. The molecule has 0 aromatic heterocycles. The van der Waals surface area contributed by atoms with Crippen LogP contribution in [0.3, 0.4) is 0 Å². The maximum absolute atomic E-state index is 11.0. The number of carbonyl (C=O) groups is 1. The van der Waals surface area contributed by atoms with Gasteiger partial charge in [0.2, 0.25) is 0 Å². The van der Waals surface area contributed by atoms with Crippen LogP contribution in [-0.2, 0) is 4.79 Å². The van der Waals surface area contributed by atoms with Gasteiger partial charge in [-0.1, -0.05) is 26.0 Å². The van der Waals surface area contributed by atoms with Gasteiger partial charge in [0.25, 0.3) is 0 Å². The molecular weight excluding hydrogens is 230 g/mol. The monoisotopic (exact) mass is 249 g/mol. The van der Waals surface area contributed by atoms with E-state index in [4.69, 9.17) is 15.6 Å². The fraction of sp³-hybridized carbons (Fsp3) is 0.500. The van der Waals surface area contributed by atoms with Crippen LogP contribution in [-0.4, -0.2) is 23.2 Å². The van der Waals surface area contributed by atoms with E-state index >= 15 is 0 Å². The number of ether oxygens (including phenoxy) is 1. The first-order valence-electron chi connectivity index (χ1n) is 6.18. The number of hydrogen-bond donors (Lipinski definition) is 2. The average Bonchev–Trinajstić information content (AvgIpc) is 3.01. The molecule has 0 bridgehead atoms. The van der Waals surface area contributed by atoms with Gasteiger partial charge in [0.15, 0.2) is 0 Å². The molecular formula is C14H19NO3. The van der Waals surface area contributed by atoms with Crippen molar-refractivity contribution in [3.05, 3.63) is 29.8 Å². The zero-order valence-electron chi connectivity index (χ0n) is 10.7. The summed E-state index contributed by atoms with van der Waals surface area (Å²) in [6, 6.07) is 7.55. The van der Waals surface area contributed by atoms with Crippen molar-refractivity contribution < 1.29 is 14.6 Å². The van der Waals surface area contributed by atoms with Crippen LogP contribution in [0.2, 0.25) is 0 Å². The highest BCUT2D eigenvalue weighted by atomic mass is 16.5. The number of aliphatic carboxylic acids is 1. The minimum absolute atomic E-state index is 0.0749. The molecule has 18 heavy (non-hydrogen) atoms. The Hall–Kier alpha value is -1.55. The summed E-state index contributed by atoms with van der Waals surface area (Å²) in [4.78, 5) is 11.0. The number of rotatable bonds is 5. The van der Waals surface area contributed by atoms with Crippen LogP contribution in [0.5, 0.6) is 5.75 Å². The smallest absolute Gasteiger partial charge is 0.324 e. The Balaban J connectivity index is 1.99. The van der Waals surface area contributed by atoms with Crippen molar-refractivity contribution in [3.8, 4) is 5.75 Å². The van der Waals surface area contributed by atoms with E-state index in [9.17, 15) is 4.79 Å². The van der Waals surface area contributed by atoms with Crippen molar-refractivity contribution in [1.29, 1.82) is 0 Å². The van der Waals surface area contributed by atoms with E-state index in [0.29, 0.717) is 18.9 Å². The molecule has 1 saturated carbocycles. The Kier molecular flexibility index (Phi) is 3.30. The summed E-state index contributed by atoms with van der Waals surface area (Å²) in [6.07, 6.45) is 0.508. The number of nitrogens with two attached hydrogens (primary N) is 1. The van der Waals surface area contributed by atoms with Crippen LogP contribution in [0.1, 0.15) is 31.7 Å². The number of carboxylic acid groups (broad SMARTS) is 1. The molecule has 0 spiro atoms. The van der Waals surface area contributed by atoms with E-state index in [1.54, 1.807) is 0 Å². The maximum atomic E-state index is 11.0. The summed E-state index contributed by atoms with van der Waals surface area (Å²) in [5, 5.41) is 8.99. The van der Waals surface area contributed by atoms with Crippen LogP contribution in [0.15, 0.2) is 24.3 Å². The first-order valence-corrected chi connectivity index (χ1v) is 6.18. The first kappa shape index (κ1) is 12.9. The van der Waals surface area contributed by atoms with Crippen LogP contribution in [0, 0.1) is 5.92 Å². The summed E-state index contributed by atoms with van der Waals surface area (Å²) >= 11 is 0. The summed E-state index contributed by atoms with van der Waals surface area (Å²) in [5.74, 6) is 0.296. The van der Waals surface area contributed by atoms with E-state index in [1.807, 2.05) is 24.3 Å². The molecule has 2 atom stereocenters. The zero-order chi connectivity index (χ0) is 13.3. The largest absolute Gasteiger partial charge is 0.493 e. The third kappa shape index (κ3) is 2.48. The van der Waals surface area contributed by atoms with Gasteiger partial charge in [0.05, 0.1) is 6.61 Å². The van der Waals surface area contributed by atoms with Crippen LogP contribution in [0.4, 0.5) is 0 Å². The summed E-state index contributed by atoms with van der Waals surface area (Å²) in [6.45, 7) is 4.86. The molecule has 2 unspecified atom stereocenters. The van der Waals surface area contributed by atoms with Crippen molar-refractivity contribution in [1.82, 2.24) is 0 Å². The Morgan fingerprint density at radius 2 is 2.11 bits per heavy atom. The quantitative estimate of drug-likeness (QED) is 0.837. The molecule has 1 aliphatic carbocycles. The lowest BCUT2D eigenvalue weighted by Gasteiger charge is -2.10. The lowest BCUT2D eigenvalue weighted by Crippen LogP contribution is -2.34. The molecule has 4 nitrogen and oxygen atoms in total. The molecule has 0 radical (unpaired) electrons. The van der Waals surface area contributed by atoms with Crippen molar-refractivity contribution >= 4 is 5.97 Å². The molecule has 0 heterocycles. The predicted octanol–water partition coefficient (Wildman–Crippen LogP) is 1.99. The molecule has 0 saturated heterocycles. The van der Waals surface area contributed by atoms with Gasteiger partial charge in [-0.3, -0.25) is 4.79 Å². The Bertz CT molecular complexity index is 441. The van der Waals surface area contributed by atoms with Gasteiger partial charge in [0.1, 0.15) is 11.3 Å². The van der Waals surface area contributed by atoms with Gasteiger partial charge in [-0.15, -0.1) is 0 Å². The summed E-state index contributed by atoms with van der Waals surface area (Å²) in [5.41, 5.74) is 5.67. The summed E-state index contributed by atoms with van der Waals surface area (Å²) < 4.78 is 5.57. The summed E-state index contributed by atoms with van der Waals surface area (Å²) in [7, 11) is 0. The molecule has 0 amide bonds. The third-order valence-corrected chi connectivity index (χ3v) is 3.27. The number of hydrogen-bond acceptors (Lipinski definition) is 3. The van der Waals surface area contributed by atoms with Crippen LogP contribution >= 0.6 is 0 Å². The van der Waals surface area contributed by atoms with Crippen molar-refractivity contribution in [2.45, 2.75) is 31.7 Å². The zero-order valence-corrected chi connectivity index (χ0v) is 10.7. The van der Waals surface area contributed by atoms with E-state index in [2.05, 4.69) is 13.8 Å². The number of carboxylic acids is 1. The maximum Gasteiger partial charge on any atom is 0.324 e. The van der Waals surface area contributed by atoms with Crippen molar-refractivity contribution in [3.63, 3.8) is 0 Å². The Morgan fingerprint density at radius 3 is 2.56 bits per heavy atom. The highest BCUT2D eigenvalue weighted by Crippen LogP contribution is 2.49. The molecule has 1 fully saturated rings. The molecule has 4 heteroatoms. The van der Waals surface area contributed by atoms with E-state index in [1.165, 1.54) is 0 Å². The fourth-order valence-electron chi connectivity index (χ4n) is 1.99. The van der Waals surface area contributed by atoms with E-state index in [0.717, 1.165) is 11.3 Å².